The van der Waals surface area contributed by atoms with Crippen molar-refractivity contribution in [3.63, 3.8) is 0 Å². The van der Waals surface area contributed by atoms with Gasteiger partial charge in [-0.1, -0.05) is 12.1 Å². The summed E-state index contributed by atoms with van der Waals surface area (Å²) in [5, 5.41) is 5.67. The molecule has 1 aromatic heterocycles. The molecule has 0 aliphatic carbocycles. The number of pyridine rings is 1. The molecule has 1 heterocycles. The fourth-order valence-electron chi connectivity index (χ4n) is 2.20. The van der Waals surface area contributed by atoms with Crippen LogP contribution < -0.4 is 10.6 Å². The maximum absolute atomic E-state index is 12.2. The van der Waals surface area contributed by atoms with Crippen LogP contribution in [0, 0.1) is 0 Å². The van der Waals surface area contributed by atoms with Crippen LogP contribution in [0.5, 0.6) is 0 Å². The van der Waals surface area contributed by atoms with Crippen molar-refractivity contribution in [2.75, 3.05) is 31.3 Å². The van der Waals surface area contributed by atoms with Gasteiger partial charge in [0.05, 0.1) is 17.9 Å². The maximum Gasteiger partial charge on any atom is 0.238 e. The van der Waals surface area contributed by atoms with Crippen molar-refractivity contribution >= 4 is 23.2 Å². The van der Waals surface area contributed by atoms with Crippen LogP contribution in [0.1, 0.15) is 12.0 Å². The molecule has 0 atom stereocenters. The van der Waals surface area contributed by atoms with Crippen LogP contribution in [0.15, 0.2) is 48.8 Å². The minimum absolute atomic E-state index is 0.0962. The fourth-order valence-corrected chi connectivity index (χ4v) is 2.20. The Kier molecular flexibility index (Phi) is 6.45. The van der Waals surface area contributed by atoms with Gasteiger partial charge in [0.15, 0.2) is 0 Å². The number of carbonyl (C=O) groups is 2. The molecule has 2 rings (SSSR count). The van der Waals surface area contributed by atoms with Gasteiger partial charge < -0.3 is 15.5 Å². The number of benzene rings is 1. The minimum Gasteiger partial charge on any atom is -0.324 e. The van der Waals surface area contributed by atoms with Crippen LogP contribution in [-0.4, -0.2) is 42.3 Å². The van der Waals surface area contributed by atoms with Crippen molar-refractivity contribution < 1.29 is 9.59 Å². The lowest BCUT2D eigenvalue weighted by molar-refractivity contribution is -0.117. The quantitative estimate of drug-likeness (QED) is 0.817. The summed E-state index contributed by atoms with van der Waals surface area (Å²) in [6, 6.07) is 11.0. The van der Waals surface area contributed by atoms with Crippen molar-refractivity contribution in [3.8, 4) is 0 Å². The molecule has 6 heteroatoms. The first-order valence-corrected chi connectivity index (χ1v) is 7.77. The number of hydrogen-bond donors (Lipinski definition) is 2. The number of nitrogens with zero attached hydrogens (tertiary/aromatic N) is 2. The van der Waals surface area contributed by atoms with E-state index in [4.69, 9.17) is 0 Å². The molecule has 6 nitrogen and oxygen atoms in total. The average molecular weight is 326 g/mol. The lowest BCUT2D eigenvalue weighted by Gasteiger charge is -2.14. The van der Waals surface area contributed by atoms with E-state index in [0.717, 1.165) is 5.56 Å². The van der Waals surface area contributed by atoms with Crippen molar-refractivity contribution in [1.82, 2.24) is 9.88 Å². The Balaban J connectivity index is 1.94. The zero-order valence-electron chi connectivity index (χ0n) is 14.0. The molecule has 0 unspecified atom stereocenters. The number of amides is 2. The van der Waals surface area contributed by atoms with E-state index in [1.807, 2.05) is 38.4 Å². The SMILES string of the molecule is CN(C)CC(=O)Nc1ccccc1NC(=O)CCc1ccncc1. The first kappa shape index (κ1) is 17.6. The molecule has 2 aromatic rings. The summed E-state index contributed by atoms with van der Waals surface area (Å²) < 4.78 is 0. The Morgan fingerprint density at radius 2 is 1.54 bits per heavy atom. The van der Waals surface area contributed by atoms with Crippen LogP contribution in [0.25, 0.3) is 0 Å². The smallest absolute Gasteiger partial charge is 0.238 e. The van der Waals surface area contributed by atoms with E-state index in [2.05, 4.69) is 15.6 Å². The number of likely N-dealkylation sites (N-methyl/N-ethyl adjacent to an activating group) is 1. The van der Waals surface area contributed by atoms with E-state index in [9.17, 15) is 9.59 Å². The van der Waals surface area contributed by atoms with Gasteiger partial charge in [-0.15, -0.1) is 0 Å². The Morgan fingerprint density at radius 1 is 0.958 bits per heavy atom. The van der Waals surface area contributed by atoms with E-state index in [1.54, 1.807) is 29.4 Å². The summed E-state index contributed by atoms with van der Waals surface area (Å²) in [6.45, 7) is 0.282. The molecule has 0 saturated carbocycles. The summed E-state index contributed by atoms with van der Waals surface area (Å²) in [7, 11) is 3.65. The number of rotatable bonds is 7. The molecular weight excluding hydrogens is 304 g/mol. The highest BCUT2D eigenvalue weighted by Crippen LogP contribution is 2.21. The number of aryl methyl sites for hydroxylation is 1. The Bertz CT molecular complexity index is 686. The number of anilines is 2. The summed E-state index contributed by atoms with van der Waals surface area (Å²) in [6.07, 6.45) is 4.43. The van der Waals surface area contributed by atoms with Crippen molar-refractivity contribution in [3.05, 3.63) is 54.4 Å². The lowest BCUT2D eigenvalue weighted by Crippen LogP contribution is -2.27. The average Bonchev–Trinajstić information content (AvgIpc) is 2.55. The first-order chi connectivity index (χ1) is 11.5. The zero-order valence-corrected chi connectivity index (χ0v) is 14.0. The van der Waals surface area contributed by atoms with E-state index in [-0.39, 0.29) is 18.4 Å². The maximum atomic E-state index is 12.2. The van der Waals surface area contributed by atoms with Crippen LogP contribution >= 0.6 is 0 Å². The van der Waals surface area contributed by atoms with Crippen LogP contribution in [0.4, 0.5) is 11.4 Å². The molecule has 24 heavy (non-hydrogen) atoms. The molecule has 0 saturated heterocycles. The fraction of sp³-hybridized carbons (Fsp3) is 0.278. The predicted octanol–water partition coefficient (Wildman–Crippen LogP) is 2.15. The third kappa shape index (κ3) is 5.81. The first-order valence-electron chi connectivity index (χ1n) is 7.77. The Labute approximate surface area is 141 Å². The van der Waals surface area contributed by atoms with E-state index >= 15 is 0 Å². The molecular formula is C18H22N4O2. The highest BCUT2D eigenvalue weighted by Gasteiger charge is 2.10. The molecule has 2 N–H and O–H groups in total. The molecule has 0 spiro atoms. The summed E-state index contributed by atoms with van der Waals surface area (Å²) in [4.78, 5) is 29.8. The third-order valence-electron chi connectivity index (χ3n) is 3.33. The molecule has 2 amide bonds. The van der Waals surface area contributed by atoms with Gasteiger partial charge in [0, 0.05) is 18.8 Å². The number of aromatic nitrogens is 1. The number of hydrogen-bond acceptors (Lipinski definition) is 4. The molecule has 126 valence electrons. The molecule has 0 aliphatic heterocycles. The third-order valence-corrected chi connectivity index (χ3v) is 3.33. The normalized spacial score (nSPS) is 10.5. The van der Waals surface area contributed by atoms with Crippen molar-refractivity contribution in [1.29, 1.82) is 0 Å². The predicted molar refractivity (Wildman–Crippen MR) is 94.8 cm³/mol. The van der Waals surface area contributed by atoms with Crippen LogP contribution in [0.2, 0.25) is 0 Å². The molecule has 0 aliphatic rings. The Morgan fingerprint density at radius 3 is 2.12 bits per heavy atom. The van der Waals surface area contributed by atoms with E-state index in [1.165, 1.54) is 0 Å². The Hall–Kier alpha value is -2.73. The topological polar surface area (TPSA) is 74.3 Å². The number of carbonyl (C=O) groups excluding carboxylic acids is 2. The zero-order chi connectivity index (χ0) is 17.4. The van der Waals surface area contributed by atoms with Crippen molar-refractivity contribution in [2.24, 2.45) is 0 Å². The lowest BCUT2D eigenvalue weighted by atomic mass is 10.1. The molecule has 0 fully saturated rings. The summed E-state index contributed by atoms with van der Waals surface area (Å²) in [5.74, 6) is -0.223. The second kappa shape index (κ2) is 8.79. The summed E-state index contributed by atoms with van der Waals surface area (Å²) in [5.41, 5.74) is 2.26. The molecule has 0 bridgehead atoms. The molecule has 0 radical (unpaired) electrons. The van der Waals surface area contributed by atoms with Crippen LogP contribution in [-0.2, 0) is 16.0 Å². The van der Waals surface area contributed by atoms with Gasteiger partial charge in [0.1, 0.15) is 0 Å². The van der Waals surface area contributed by atoms with Gasteiger partial charge in [0.2, 0.25) is 11.8 Å². The monoisotopic (exact) mass is 326 g/mol. The van der Waals surface area contributed by atoms with E-state index in [0.29, 0.717) is 24.2 Å². The second-order valence-corrected chi connectivity index (χ2v) is 5.74. The second-order valence-electron chi connectivity index (χ2n) is 5.74. The highest BCUT2D eigenvalue weighted by molar-refractivity contribution is 6.00. The van der Waals surface area contributed by atoms with Gasteiger partial charge in [-0.05, 0) is 50.3 Å². The van der Waals surface area contributed by atoms with Crippen LogP contribution in [0.3, 0.4) is 0 Å². The summed E-state index contributed by atoms with van der Waals surface area (Å²) >= 11 is 0. The van der Waals surface area contributed by atoms with Gasteiger partial charge >= 0.3 is 0 Å². The number of nitrogens with one attached hydrogen (secondary N) is 2. The molecule has 1 aromatic carbocycles. The van der Waals surface area contributed by atoms with E-state index < -0.39 is 0 Å². The van der Waals surface area contributed by atoms with Gasteiger partial charge in [-0.3, -0.25) is 14.6 Å². The van der Waals surface area contributed by atoms with Gasteiger partial charge in [0.25, 0.3) is 0 Å². The van der Waals surface area contributed by atoms with Gasteiger partial charge in [-0.2, -0.15) is 0 Å². The standard InChI is InChI=1S/C18H22N4O2/c1-22(2)13-18(24)21-16-6-4-3-5-15(16)20-17(23)8-7-14-9-11-19-12-10-14/h3-6,9-12H,7-8,13H2,1-2H3,(H,20,23)(H,21,24). The number of para-hydroxylation sites is 2. The highest BCUT2D eigenvalue weighted by atomic mass is 16.2. The van der Waals surface area contributed by atoms with Crippen molar-refractivity contribution in [2.45, 2.75) is 12.8 Å². The largest absolute Gasteiger partial charge is 0.324 e. The minimum atomic E-state index is -0.126. The van der Waals surface area contributed by atoms with Gasteiger partial charge in [-0.25, -0.2) is 0 Å².